The van der Waals surface area contributed by atoms with E-state index in [1.807, 2.05) is 67.5 Å². The molecular formula is C27H34Cl2N4O2. The zero-order valence-electron chi connectivity index (χ0n) is 20.5. The van der Waals surface area contributed by atoms with Gasteiger partial charge in [0.2, 0.25) is 0 Å². The van der Waals surface area contributed by atoms with Crippen LogP contribution in [0.4, 0.5) is 4.79 Å². The Morgan fingerprint density at radius 3 is 2.37 bits per heavy atom. The van der Waals surface area contributed by atoms with E-state index in [-0.39, 0.29) is 17.9 Å². The second-order valence-electron chi connectivity index (χ2n) is 9.68. The van der Waals surface area contributed by atoms with Crippen LogP contribution in [-0.2, 0) is 0 Å². The SMILES string of the molecule is CN(CC(CCN1CCC(N2CCN(C)C2=O)CC1)c1ccc(Cl)c(Cl)c1)C(=O)c1ccccc1. The van der Waals surface area contributed by atoms with E-state index in [2.05, 4.69) is 4.90 Å². The van der Waals surface area contributed by atoms with Gasteiger partial charge in [0, 0.05) is 64.3 Å². The first-order chi connectivity index (χ1) is 16.8. The number of amides is 3. The third kappa shape index (κ3) is 6.29. The van der Waals surface area contributed by atoms with Crippen LogP contribution in [-0.4, -0.2) is 90.9 Å². The predicted molar refractivity (Wildman–Crippen MR) is 141 cm³/mol. The number of halogens is 2. The minimum absolute atomic E-state index is 0.0109. The van der Waals surface area contributed by atoms with E-state index < -0.39 is 0 Å². The van der Waals surface area contributed by atoms with Gasteiger partial charge in [-0.1, -0.05) is 47.5 Å². The maximum absolute atomic E-state index is 13.0. The number of hydrogen-bond acceptors (Lipinski definition) is 3. The molecule has 2 aliphatic rings. The molecule has 2 saturated heterocycles. The number of rotatable bonds is 8. The first-order valence-corrected chi connectivity index (χ1v) is 13.1. The van der Waals surface area contributed by atoms with Gasteiger partial charge in [-0.15, -0.1) is 0 Å². The van der Waals surface area contributed by atoms with Crippen LogP contribution in [0.25, 0.3) is 0 Å². The maximum Gasteiger partial charge on any atom is 0.320 e. The molecule has 3 amide bonds. The molecule has 1 atom stereocenters. The number of carbonyl (C=O) groups is 2. The van der Waals surface area contributed by atoms with Crippen LogP contribution in [0.3, 0.4) is 0 Å². The van der Waals surface area contributed by atoms with Crippen LogP contribution < -0.4 is 0 Å². The summed E-state index contributed by atoms with van der Waals surface area (Å²) >= 11 is 12.5. The fourth-order valence-corrected chi connectivity index (χ4v) is 5.45. The van der Waals surface area contributed by atoms with E-state index in [0.29, 0.717) is 28.2 Å². The van der Waals surface area contributed by atoms with Gasteiger partial charge in [-0.2, -0.15) is 0 Å². The zero-order valence-corrected chi connectivity index (χ0v) is 22.0. The molecule has 0 N–H and O–H groups in total. The van der Waals surface area contributed by atoms with E-state index in [0.717, 1.165) is 57.5 Å². The van der Waals surface area contributed by atoms with E-state index >= 15 is 0 Å². The number of hydrogen-bond donors (Lipinski definition) is 0. The van der Waals surface area contributed by atoms with Crippen LogP contribution in [0.2, 0.25) is 10.0 Å². The summed E-state index contributed by atoms with van der Waals surface area (Å²) in [5.74, 6) is 0.144. The zero-order chi connectivity index (χ0) is 24.9. The molecule has 0 radical (unpaired) electrons. The predicted octanol–water partition coefficient (Wildman–Crippen LogP) is 5.07. The van der Waals surface area contributed by atoms with Gasteiger partial charge >= 0.3 is 6.03 Å². The smallest absolute Gasteiger partial charge is 0.320 e. The molecule has 2 aromatic rings. The van der Waals surface area contributed by atoms with Crippen molar-refractivity contribution in [3.8, 4) is 0 Å². The molecule has 2 fully saturated rings. The summed E-state index contributed by atoms with van der Waals surface area (Å²) < 4.78 is 0. The fraction of sp³-hybridized carbons (Fsp3) is 0.481. The van der Waals surface area contributed by atoms with Crippen molar-refractivity contribution in [3.63, 3.8) is 0 Å². The number of nitrogens with zero attached hydrogens (tertiary/aromatic N) is 4. The Kier molecular flexibility index (Phi) is 8.58. The molecule has 0 aliphatic carbocycles. The van der Waals surface area contributed by atoms with Crippen LogP contribution in [0, 0.1) is 0 Å². The minimum atomic E-state index is 0.0109. The molecule has 2 aromatic carbocycles. The average Bonchev–Trinajstić information content (AvgIpc) is 3.21. The molecule has 0 saturated carbocycles. The molecule has 8 heteroatoms. The molecule has 0 spiro atoms. The Hall–Kier alpha value is -2.28. The quantitative estimate of drug-likeness (QED) is 0.491. The average molecular weight is 518 g/mol. The van der Waals surface area contributed by atoms with Gasteiger partial charge in [0.25, 0.3) is 5.91 Å². The summed E-state index contributed by atoms with van der Waals surface area (Å²) in [7, 11) is 3.73. The number of piperidine rings is 1. The van der Waals surface area contributed by atoms with Gasteiger partial charge in [-0.25, -0.2) is 4.79 Å². The molecule has 4 rings (SSSR count). The van der Waals surface area contributed by atoms with Crippen molar-refractivity contribution in [1.29, 1.82) is 0 Å². The Balaban J connectivity index is 1.38. The van der Waals surface area contributed by atoms with Crippen molar-refractivity contribution in [1.82, 2.24) is 19.6 Å². The molecule has 2 aliphatic heterocycles. The van der Waals surface area contributed by atoms with Crippen molar-refractivity contribution in [2.45, 2.75) is 31.2 Å². The summed E-state index contributed by atoms with van der Waals surface area (Å²) in [6, 6.07) is 15.7. The highest BCUT2D eigenvalue weighted by molar-refractivity contribution is 6.42. The number of benzene rings is 2. The summed E-state index contributed by atoms with van der Waals surface area (Å²) in [6.07, 6.45) is 2.91. The lowest BCUT2D eigenvalue weighted by atomic mass is 9.94. The van der Waals surface area contributed by atoms with Crippen molar-refractivity contribution in [2.24, 2.45) is 0 Å². The summed E-state index contributed by atoms with van der Waals surface area (Å²) in [5, 5.41) is 1.07. The lowest BCUT2D eigenvalue weighted by Crippen LogP contribution is -2.46. The highest BCUT2D eigenvalue weighted by Crippen LogP contribution is 2.30. The first kappa shape index (κ1) is 25.8. The number of carbonyl (C=O) groups excluding carboxylic acids is 2. The van der Waals surface area contributed by atoms with E-state index in [4.69, 9.17) is 23.2 Å². The maximum atomic E-state index is 13.0. The molecular weight excluding hydrogens is 483 g/mol. The van der Waals surface area contributed by atoms with Gasteiger partial charge < -0.3 is 19.6 Å². The highest BCUT2D eigenvalue weighted by atomic mass is 35.5. The van der Waals surface area contributed by atoms with E-state index in [1.165, 1.54) is 0 Å². The third-order valence-electron chi connectivity index (χ3n) is 7.32. The summed E-state index contributed by atoms with van der Waals surface area (Å²) in [6.45, 7) is 5.13. The van der Waals surface area contributed by atoms with Crippen LogP contribution in [0.5, 0.6) is 0 Å². The van der Waals surface area contributed by atoms with E-state index in [9.17, 15) is 9.59 Å². The molecule has 35 heavy (non-hydrogen) atoms. The second-order valence-corrected chi connectivity index (χ2v) is 10.5. The van der Waals surface area contributed by atoms with Gasteiger partial charge in [0.1, 0.15) is 0 Å². The number of urea groups is 1. The topological polar surface area (TPSA) is 47.1 Å². The molecule has 188 valence electrons. The van der Waals surface area contributed by atoms with Crippen LogP contribution in [0.15, 0.2) is 48.5 Å². The molecule has 2 heterocycles. The number of likely N-dealkylation sites (tertiary alicyclic amines) is 1. The molecule has 1 unspecified atom stereocenters. The fourth-order valence-electron chi connectivity index (χ4n) is 5.14. The van der Waals surface area contributed by atoms with Gasteiger partial charge in [0.15, 0.2) is 0 Å². The normalized spacial score (nSPS) is 18.2. The molecule has 0 aromatic heterocycles. The van der Waals surface area contributed by atoms with Crippen molar-refractivity contribution in [2.75, 3.05) is 53.4 Å². The Morgan fingerprint density at radius 2 is 1.74 bits per heavy atom. The lowest BCUT2D eigenvalue weighted by molar-refractivity contribution is 0.0779. The lowest BCUT2D eigenvalue weighted by Gasteiger charge is -2.37. The van der Waals surface area contributed by atoms with Crippen molar-refractivity contribution >= 4 is 35.1 Å². The standard InChI is InChI=1S/C27H34Cl2N4O2/c1-30-16-17-33(27(30)35)23-11-14-32(15-12-23)13-10-22(21-8-9-24(28)25(29)18-21)19-31(2)26(34)20-6-4-3-5-7-20/h3-9,18,22-23H,10-17,19H2,1-2H3. The Morgan fingerprint density at radius 1 is 1.03 bits per heavy atom. The molecule has 0 bridgehead atoms. The number of likely N-dealkylation sites (N-methyl/N-ethyl adjacent to an activating group) is 2. The van der Waals surface area contributed by atoms with Crippen LogP contribution >= 0.6 is 23.2 Å². The van der Waals surface area contributed by atoms with E-state index in [1.54, 1.807) is 9.80 Å². The van der Waals surface area contributed by atoms with Crippen molar-refractivity contribution in [3.05, 3.63) is 69.7 Å². The van der Waals surface area contributed by atoms with Gasteiger partial charge in [-0.05, 0) is 55.6 Å². The van der Waals surface area contributed by atoms with Crippen LogP contribution in [0.1, 0.15) is 41.1 Å². The first-order valence-electron chi connectivity index (χ1n) is 12.3. The Labute approximate surface area is 218 Å². The Bertz CT molecular complexity index is 1030. The van der Waals surface area contributed by atoms with Crippen molar-refractivity contribution < 1.29 is 9.59 Å². The summed E-state index contributed by atoms with van der Waals surface area (Å²) in [5.41, 5.74) is 1.78. The minimum Gasteiger partial charge on any atom is -0.341 e. The highest BCUT2D eigenvalue weighted by Gasteiger charge is 2.33. The monoisotopic (exact) mass is 516 g/mol. The van der Waals surface area contributed by atoms with Gasteiger partial charge in [-0.3, -0.25) is 4.79 Å². The molecule has 6 nitrogen and oxygen atoms in total. The third-order valence-corrected chi connectivity index (χ3v) is 8.06. The van der Waals surface area contributed by atoms with Gasteiger partial charge in [0.05, 0.1) is 10.0 Å². The summed E-state index contributed by atoms with van der Waals surface area (Å²) in [4.78, 5) is 33.5. The second kappa shape index (κ2) is 11.6. The largest absolute Gasteiger partial charge is 0.341 e.